The van der Waals surface area contributed by atoms with E-state index in [4.69, 9.17) is 0 Å². The number of carbonyl (C=O) groups is 1. The Hall–Kier alpha value is -0.940. The maximum absolute atomic E-state index is 13.6. The quantitative estimate of drug-likeness (QED) is 0.932. The van der Waals surface area contributed by atoms with Crippen molar-refractivity contribution in [1.29, 1.82) is 0 Å². The molecule has 0 aliphatic rings. The van der Waals surface area contributed by atoms with Gasteiger partial charge in [-0.05, 0) is 32.0 Å². The molecular weight excluding hydrogens is 289 g/mol. The number of aliphatic hydroxyl groups is 1. The average Bonchev–Trinajstić information content (AvgIpc) is 2.14. The third kappa shape index (κ3) is 4.09. The minimum atomic E-state index is -1.00. The molecule has 0 saturated heterocycles. The molecule has 0 unspecified atom stereocenters. The normalized spacial score (nSPS) is 11.4. The van der Waals surface area contributed by atoms with Gasteiger partial charge in [0, 0.05) is 18.1 Å². The van der Waals surface area contributed by atoms with Crippen LogP contribution in [0.1, 0.15) is 24.2 Å². The zero-order valence-corrected chi connectivity index (χ0v) is 11.6. The van der Waals surface area contributed by atoms with Gasteiger partial charge in [-0.2, -0.15) is 0 Å². The third-order valence-electron chi connectivity index (χ3n) is 2.13. The van der Waals surface area contributed by atoms with E-state index in [1.54, 1.807) is 19.9 Å². The van der Waals surface area contributed by atoms with Gasteiger partial charge in [0.25, 0.3) is 5.91 Å². The minimum Gasteiger partial charge on any atom is -0.389 e. The van der Waals surface area contributed by atoms with Gasteiger partial charge in [-0.25, -0.2) is 4.39 Å². The summed E-state index contributed by atoms with van der Waals surface area (Å²) in [4.78, 5) is 13.2. The maximum atomic E-state index is 13.6. The van der Waals surface area contributed by atoms with Crippen molar-refractivity contribution in [2.45, 2.75) is 19.4 Å². The van der Waals surface area contributed by atoms with Crippen LogP contribution in [0.5, 0.6) is 0 Å². The Balaban J connectivity index is 2.89. The summed E-state index contributed by atoms with van der Waals surface area (Å²) in [6.45, 7) is 3.32. The first kappa shape index (κ1) is 14.1. The number of likely N-dealkylation sites (N-methyl/N-ethyl adjacent to an activating group) is 1. The highest BCUT2D eigenvalue weighted by Crippen LogP contribution is 2.17. The molecule has 1 aromatic carbocycles. The monoisotopic (exact) mass is 303 g/mol. The van der Waals surface area contributed by atoms with Crippen LogP contribution >= 0.6 is 15.9 Å². The second-order valence-corrected chi connectivity index (χ2v) is 5.51. The number of hydrogen-bond acceptors (Lipinski definition) is 2. The van der Waals surface area contributed by atoms with Crippen molar-refractivity contribution < 1.29 is 14.3 Å². The second kappa shape index (κ2) is 5.14. The van der Waals surface area contributed by atoms with Crippen LogP contribution in [0.3, 0.4) is 0 Å². The van der Waals surface area contributed by atoms with Crippen LogP contribution < -0.4 is 0 Å². The molecule has 0 aromatic heterocycles. The van der Waals surface area contributed by atoms with Gasteiger partial charge in [0.05, 0.1) is 11.2 Å². The van der Waals surface area contributed by atoms with Crippen LogP contribution in [0, 0.1) is 5.82 Å². The van der Waals surface area contributed by atoms with Crippen molar-refractivity contribution in [2.75, 3.05) is 13.6 Å². The fourth-order valence-corrected chi connectivity index (χ4v) is 1.85. The maximum Gasteiger partial charge on any atom is 0.256 e. The number of rotatable bonds is 3. The van der Waals surface area contributed by atoms with E-state index in [9.17, 15) is 14.3 Å². The molecular formula is C12H15BrFNO2. The van der Waals surface area contributed by atoms with Gasteiger partial charge in [0.1, 0.15) is 5.82 Å². The minimum absolute atomic E-state index is 0.0000463. The summed E-state index contributed by atoms with van der Waals surface area (Å²) < 4.78 is 14.1. The Morgan fingerprint density at radius 3 is 2.59 bits per heavy atom. The molecule has 1 amide bonds. The smallest absolute Gasteiger partial charge is 0.256 e. The molecule has 0 radical (unpaired) electrons. The zero-order chi connectivity index (χ0) is 13.2. The topological polar surface area (TPSA) is 40.5 Å². The van der Waals surface area contributed by atoms with E-state index in [1.165, 1.54) is 24.1 Å². The van der Waals surface area contributed by atoms with Gasteiger partial charge in [-0.1, -0.05) is 15.9 Å². The van der Waals surface area contributed by atoms with Crippen LogP contribution in [0.2, 0.25) is 0 Å². The number of hydrogen-bond donors (Lipinski definition) is 1. The predicted octanol–water partition coefficient (Wildman–Crippen LogP) is 2.43. The molecule has 0 spiro atoms. The van der Waals surface area contributed by atoms with E-state index < -0.39 is 17.3 Å². The molecule has 0 fully saturated rings. The number of nitrogens with zero attached hydrogens (tertiary/aromatic N) is 1. The molecule has 0 aliphatic heterocycles. The Morgan fingerprint density at radius 2 is 2.12 bits per heavy atom. The highest BCUT2D eigenvalue weighted by atomic mass is 79.9. The van der Waals surface area contributed by atoms with E-state index in [-0.39, 0.29) is 12.1 Å². The van der Waals surface area contributed by atoms with Crippen LogP contribution in [-0.2, 0) is 0 Å². The molecule has 1 N–H and O–H groups in total. The summed E-state index contributed by atoms with van der Waals surface area (Å²) in [5, 5.41) is 9.60. The summed E-state index contributed by atoms with van der Waals surface area (Å²) in [6.07, 6.45) is 0. The first-order valence-electron chi connectivity index (χ1n) is 5.13. The van der Waals surface area contributed by atoms with Gasteiger partial charge >= 0.3 is 0 Å². The average molecular weight is 304 g/mol. The number of carbonyl (C=O) groups excluding carboxylic acids is 1. The fraction of sp³-hybridized carbons (Fsp3) is 0.417. The van der Waals surface area contributed by atoms with Crippen molar-refractivity contribution in [3.8, 4) is 0 Å². The van der Waals surface area contributed by atoms with Crippen molar-refractivity contribution in [3.05, 3.63) is 34.1 Å². The lowest BCUT2D eigenvalue weighted by Gasteiger charge is -2.25. The molecule has 1 aromatic rings. The fourth-order valence-electron chi connectivity index (χ4n) is 1.52. The molecule has 0 atom stereocenters. The summed E-state index contributed by atoms with van der Waals surface area (Å²) in [5.41, 5.74) is -1.00. The zero-order valence-electron chi connectivity index (χ0n) is 10.00. The van der Waals surface area contributed by atoms with E-state index in [0.717, 1.165) is 0 Å². The van der Waals surface area contributed by atoms with Gasteiger partial charge < -0.3 is 10.0 Å². The first-order valence-corrected chi connectivity index (χ1v) is 5.93. The van der Waals surface area contributed by atoms with E-state index >= 15 is 0 Å². The van der Waals surface area contributed by atoms with Crippen molar-refractivity contribution in [2.24, 2.45) is 0 Å². The van der Waals surface area contributed by atoms with E-state index in [1.807, 2.05) is 0 Å². The van der Waals surface area contributed by atoms with Gasteiger partial charge in [-0.3, -0.25) is 4.79 Å². The van der Waals surface area contributed by atoms with Crippen molar-refractivity contribution in [1.82, 2.24) is 4.90 Å². The number of benzene rings is 1. The Kier molecular flexibility index (Phi) is 4.27. The van der Waals surface area contributed by atoms with Gasteiger partial charge in [0.2, 0.25) is 0 Å². The lowest BCUT2D eigenvalue weighted by molar-refractivity contribution is 0.0365. The van der Waals surface area contributed by atoms with E-state index in [2.05, 4.69) is 15.9 Å². The molecule has 3 nitrogen and oxygen atoms in total. The molecule has 1 rings (SSSR count). The molecule has 0 saturated carbocycles. The molecule has 5 heteroatoms. The molecule has 0 bridgehead atoms. The predicted molar refractivity (Wildman–Crippen MR) is 67.4 cm³/mol. The molecule has 0 heterocycles. The Labute approximate surface area is 108 Å². The largest absolute Gasteiger partial charge is 0.389 e. The lowest BCUT2D eigenvalue weighted by Crippen LogP contribution is -2.40. The second-order valence-electron chi connectivity index (χ2n) is 4.60. The molecule has 94 valence electrons. The lowest BCUT2D eigenvalue weighted by atomic mass is 10.1. The summed E-state index contributed by atoms with van der Waals surface area (Å²) in [7, 11) is 1.53. The molecule has 17 heavy (non-hydrogen) atoms. The number of halogens is 2. The number of amides is 1. The van der Waals surface area contributed by atoms with Gasteiger partial charge in [0.15, 0.2) is 0 Å². The first-order chi connectivity index (χ1) is 7.70. The van der Waals surface area contributed by atoms with Gasteiger partial charge in [-0.15, -0.1) is 0 Å². The third-order valence-corrected chi connectivity index (χ3v) is 2.63. The van der Waals surface area contributed by atoms with Crippen LogP contribution in [0.15, 0.2) is 22.7 Å². The molecule has 0 aliphatic carbocycles. The summed E-state index contributed by atoms with van der Waals surface area (Å²) >= 11 is 3.13. The summed E-state index contributed by atoms with van der Waals surface area (Å²) in [5.74, 6) is -1.02. The Bertz CT molecular complexity index is 429. The standard InChI is InChI=1S/C12H15BrFNO2/c1-12(2,17)7-15(3)11(16)9-5-4-8(13)6-10(9)14/h4-6,17H,7H2,1-3H3. The van der Waals surface area contributed by atoms with Crippen LogP contribution in [0.25, 0.3) is 0 Å². The van der Waals surface area contributed by atoms with E-state index in [0.29, 0.717) is 4.47 Å². The van der Waals surface area contributed by atoms with Crippen molar-refractivity contribution in [3.63, 3.8) is 0 Å². The Morgan fingerprint density at radius 1 is 1.53 bits per heavy atom. The highest BCUT2D eigenvalue weighted by molar-refractivity contribution is 9.10. The SMILES string of the molecule is CN(CC(C)(C)O)C(=O)c1ccc(Br)cc1F. The van der Waals surface area contributed by atoms with Crippen LogP contribution in [-0.4, -0.2) is 35.1 Å². The highest BCUT2D eigenvalue weighted by Gasteiger charge is 2.22. The van der Waals surface area contributed by atoms with Crippen molar-refractivity contribution >= 4 is 21.8 Å². The summed E-state index contributed by atoms with van der Waals surface area (Å²) in [6, 6.07) is 4.27. The van der Waals surface area contributed by atoms with Crippen LogP contribution in [0.4, 0.5) is 4.39 Å².